The molecular weight excluding hydrogens is 228 g/mol. The van der Waals surface area contributed by atoms with Crippen LogP contribution in [0.5, 0.6) is 0 Å². The van der Waals surface area contributed by atoms with Gasteiger partial charge in [-0.25, -0.2) is 0 Å². The van der Waals surface area contributed by atoms with Crippen LogP contribution in [0.25, 0.3) is 10.9 Å². The first-order valence-electron chi connectivity index (χ1n) is 6.05. The van der Waals surface area contributed by atoms with E-state index in [9.17, 15) is 4.79 Å². The Bertz CT molecular complexity index is 547. The molecule has 1 heterocycles. The second kappa shape index (κ2) is 5.18. The number of anilines is 1. The number of nitrogens with one attached hydrogen (secondary N) is 2. The highest BCUT2D eigenvalue weighted by Gasteiger charge is 2.13. The molecule has 5 heteroatoms. The van der Waals surface area contributed by atoms with Crippen molar-refractivity contribution in [2.24, 2.45) is 11.7 Å². The van der Waals surface area contributed by atoms with Crippen LogP contribution in [0.1, 0.15) is 20.3 Å². The van der Waals surface area contributed by atoms with E-state index in [1.807, 2.05) is 32.0 Å². The number of H-pyrrole nitrogens is 1. The Morgan fingerprint density at radius 3 is 3.00 bits per heavy atom. The second-order valence-corrected chi connectivity index (χ2v) is 4.83. The third-order valence-electron chi connectivity index (χ3n) is 3.00. The molecule has 5 nitrogen and oxygen atoms in total. The van der Waals surface area contributed by atoms with Gasteiger partial charge in [-0.3, -0.25) is 9.89 Å². The SMILES string of the molecule is CC(C)C(N)CC(=O)Nc1ccc2[nH]ncc2c1. The van der Waals surface area contributed by atoms with Gasteiger partial charge in [-0.1, -0.05) is 13.8 Å². The van der Waals surface area contributed by atoms with Crippen molar-refractivity contribution in [3.8, 4) is 0 Å². The van der Waals surface area contributed by atoms with Crippen molar-refractivity contribution >= 4 is 22.5 Å². The molecule has 2 rings (SSSR count). The number of hydrogen-bond acceptors (Lipinski definition) is 3. The summed E-state index contributed by atoms with van der Waals surface area (Å²) in [6, 6.07) is 5.51. The van der Waals surface area contributed by atoms with Gasteiger partial charge in [0.25, 0.3) is 0 Å². The van der Waals surface area contributed by atoms with Gasteiger partial charge in [-0.15, -0.1) is 0 Å². The zero-order valence-electron chi connectivity index (χ0n) is 10.6. The van der Waals surface area contributed by atoms with Gasteiger partial charge in [0.15, 0.2) is 0 Å². The molecule has 0 aliphatic heterocycles. The van der Waals surface area contributed by atoms with Gasteiger partial charge in [-0.05, 0) is 24.1 Å². The van der Waals surface area contributed by atoms with E-state index in [1.165, 1.54) is 0 Å². The van der Waals surface area contributed by atoms with Crippen molar-refractivity contribution in [1.82, 2.24) is 10.2 Å². The molecule has 18 heavy (non-hydrogen) atoms. The van der Waals surface area contributed by atoms with E-state index in [-0.39, 0.29) is 11.9 Å². The fourth-order valence-corrected chi connectivity index (χ4v) is 1.68. The molecule has 96 valence electrons. The zero-order chi connectivity index (χ0) is 13.1. The van der Waals surface area contributed by atoms with E-state index in [4.69, 9.17) is 5.73 Å². The van der Waals surface area contributed by atoms with E-state index >= 15 is 0 Å². The third kappa shape index (κ3) is 2.87. The maximum atomic E-state index is 11.8. The molecule has 1 aromatic carbocycles. The summed E-state index contributed by atoms with van der Waals surface area (Å²) in [5.74, 6) is 0.242. The fraction of sp³-hybridized carbons (Fsp3) is 0.385. The van der Waals surface area contributed by atoms with Crippen molar-refractivity contribution < 1.29 is 4.79 Å². The highest BCUT2D eigenvalue weighted by molar-refractivity contribution is 5.93. The van der Waals surface area contributed by atoms with Crippen LogP contribution in [0.4, 0.5) is 5.69 Å². The summed E-state index contributed by atoms with van der Waals surface area (Å²) >= 11 is 0. The molecule has 0 aliphatic carbocycles. The lowest BCUT2D eigenvalue weighted by Gasteiger charge is -2.15. The molecular formula is C13H18N4O. The highest BCUT2D eigenvalue weighted by Crippen LogP contribution is 2.17. The van der Waals surface area contributed by atoms with E-state index in [0.29, 0.717) is 12.3 Å². The van der Waals surface area contributed by atoms with Crippen LogP contribution < -0.4 is 11.1 Å². The number of nitrogens with two attached hydrogens (primary N) is 1. The van der Waals surface area contributed by atoms with Crippen LogP contribution in [-0.2, 0) is 4.79 Å². The quantitative estimate of drug-likeness (QED) is 0.770. The average molecular weight is 246 g/mol. The third-order valence-corrected chi connectivity index (χ3v) is 3.00. The van der Waals surface area contributed by atoms with Gasteiger partial charge in [0.1, 0.15) is 0 Å². The molecule has 2 aromatic rings. The molecule has 0 bridgehead atoms. The lowest BCUT2D eigenvalue weighted by Crippen LogP contribution is -2.31. The zero-order valence-corrected chi connectivity index (χ0v) is 10.6. The van der Waals surface area contributed by atoms with E-state index < -0.39 is 0 Å². The summed E-state index contributed by atoms with van der Waals surface area (Å²) in [5.41, 5.74) is 7.59. The number of carbonyl (C=O) groups excluding carboxylic acids is 1. The van der Waals surface area contributed by atoms with E-state index in [0.717, 1.165) is 16.6 Å². The number of aromatic amines is 1. The van der Waals surface area contributed by atoms with Crippen LogP contribution in [0.15, 0.2) is 24.4 Å². The normalized spacial score (nSPS) is 12.9. The summed E-state index contributed by atoms with van der Waals surface area (Å²) in [7, 11) is 0. The van der Waals surface area contributed by atoms with Gasteiger partial charge in [0.2, 0.25) is 5.91 Å². The van der Waals surface area contributed by atoms with Gasteiger partial charge >= 0.3 is 0 Å². The molecule has 1 aromatic heterocycles. The number of aromatic nitrogens is 2. The van der Waals surface area contributed by atoms with Gasteiger partial charge < -0.3 is 11.1 Å². The summed E-state index contributed by atoms with van der Waals surface area (Å²) in [6.07, 6.45) is 2.06. The van der Waals surface area contributed by atoms with Crippen LogP contribution in [-0.4, -0.2) is 22.1 Å². The molecule has 4 N–H and O–H groups in total. The molecule has 0 radical (unpaired) electrons. The molecule has 1 amide bonds. The van der Waals surface area contributed by atoms with Crippen molar-refractivity contribution in [2.75, 3.05) is 5.32 Å². The Morgan fingerprint density at radius 1 is 1.50 bits per heavy atom. The monoisotopic (exact) mass is 246 g/mol. The first-order valence-corrected chi connectivity index (χ1v) is 6.05. The number of hydrogen-bond donors (Lipinski definition) is 3. The minimum Gasteiger partial charge on any atom is -0.327 e. The minimum atomic E-state index is -0.109. The van der Waals surface area contributed by atoms with Crippen LogP contribution in [0, 0.1) is 5.92 Å². The molecule has 0 fully saturated rings. The topological polar surface area (TPSA) is 83.8 Å². The maximum Gasteiger partial charge on any atom is 0.225 e. The second-order valence-electron chi connectivity index (χ2n) is 4.83. The van der Waals surface area contributed by atoms with Crippen molar-refractivity contribution in [2.45, 2.75) is 26.3 Å². The number of fused-ring (bicyclic) bond motifs is 1. The number of benzene rings is 1. The number of rotatable bonds is 4. The highest BCUT2D eigenvalue weighted by atomic mass is 16.1. The van der Waals surface area contributed by atoms with Gasteiger partial charge in [0, 0.05) is 23.5 Å². The molecule has 0 saturated carbocycles. The van der Waals surface area contributed by atoms with Crippen molar-refractivity contribution in [1.29, 1.82) is 0 Å². The summed E-state index contributed by atoms with van der Waals surface area (Å²) in [6.45, 7) is 4.02. The van der Waals surface area contributed by atoms with Gasteiger partial charge in [0.05, 0.1) is 11.7 Å². The van der Waals surface area contributed by atoms with E-state index in [2.05, 4.69) is 15.5 Å². The molecule has 0 saturated heterocycles. The first kappa shape index (κ1) is 12.6. The Hall–Kier alpha value is -1.88. The molecule has 0 aliphatic rings. The predicted octanol–water partition coefficient (Wildman–Crippen LogP) is 1.87. The van der Waals surface area contributed by atoms with Crippen LogP contribution >= 0.6 is 0 Å². The average Bonchev–Trinajstić information content (AvgIpc) is 2.75. The maximum absolute atomic E-state index is 11.8. The number of nitrogens with zero attached hydrogens (tertiary/aromatic N) is 1. The Kier molecular flexibility index (Phi) is 3.62. The molecule has 0 spiro atoms. The lowest BCUT2D eigenvalue weighted by molar-refractivity contribution is -0.116. The largest absolute Gasteiger partial charge is 0.327 e. The van der Waals surface area contributed by atoms with E-state index in [1.54, 1.807) is 6.20 Å². The van der Waals surface area contributed by atoms with Gasteiger partial charge in [-0.2, -0.15) is 5.10 Å². The smallest absolute Gasteiger partial charge is 0.225 e. The Labute approximate surface area is 106 Å². The Balaban J connectivity index is 2.02. The predicted molar refractivity (Wildman–Crippen MR) is 72.2 cm³/mol. The first-order chi connectivity index (χ1) is 8.56. The van der Waals surface area contributed by atoms with Crippen molar-refractivity contribution in [3.05, 3.63) is 24.4 Å². The van der Waals surface area contributed by atoms with Crippen LogP contribution in [0.2, 0.25) is 0 Å². The van der Waals surface area contributed by atoms with Crippen LogP contribution in [0.3, 0.4) is 0 Å². The van der Waals surface area contributed by atoms with Crippen molar-refractivity contribution in [3.63, 3.8) is 0 Å². The fourth-order valence-electron chi connectivity index (χ4n) is 1.68. The number of carbonyl (C=O) groups is 1. The number of amides is 1. The summed E-state index contributed by atoms with van der Waals surface area (Å²) < 4.78 is 0. The molecule has 1 atom stereocenters. The summed E-state index contributed by atoms with van der Waals surface area (Å²) in [4.78, 5) is 11.8. The Morgan fingerprint density at radius 2 is 2.28 bits per heavy atom. The molecule has 1 unspecified atom stereocenters. The minimum absolute atomic E-state index is 0.0564. The standard InChI is InChI=1S/C13H18N4O/c1-8(2)11(14)6-13(18)16-10-3-4-12-9(5-10)7-15-17-12/h3-5,7-8,11H,6,14H2,1-2H3,(H,15,17)(H,16,18). The lowest BCUT2D eigenvalue weighted by atomic mass is 10.0. The summed E-state index contributed by atoms with van der Waals surface area (Å²) in [5, 5.41) is 10.6.